The highest BCUT2D eigenvalue weighted by molar-refractivity contribution is 5.82. The lowest BCUT2D eigenvalue weighted by Gasteiger charge is -2.25. The van der Waals surface area contributed by atoms with E-state index in [4.69, 9.17) is 10.5 Å². The molecule has 1 rings (SSSR count). The van der Waals surface area contributed by atoms with Gasteiger partial charge in [-0.15, -0.1) is 0 Å². The number of Topliss-reactive ketones (excluding diaryl/α,β-unsaturated/α-hetero) is 1. The summed E-state index contributed by atoms with van der Waals surface area (Å²) in [4.78, 5) is 11.2. The third-order valence-corrected chi connectivity index (χ3v) is 2.19. The first-order chi connectivity index (χ1) is 5.25. The fourth-order valence-electron chi connectivity index (χ4n) is 1.31. The van der Waals surface area contributed by atoms with Gasteiger partial charge in [0.1, 0.15) is 5.78 Å². The van der Waals surface area contributed by atoms with Gasteiger partial charge in [0.15, 0.2) is 0 Å². The van der Waals surface area contributed by atoms with Crippen LogP contribution in [0.4, 0.5) is 0 Å². The van der Waals surface area contributed by atoms with Gasteiger partial charge >= 0.3 is 0 Å². The lowest BCUT2D eigenvalue weighted by molar-refractivity contribution is -0.131. The van der Waals surface area contributed by atoms with Crippen LogP contribution in [0.25, 0.3) is 0 Å². The Hall–Kier alpha value is -0.410. The summed E-state index contributed by atoms with van der Waals surface area (Å²) in [6.07, 6.45) is 1.39. The van der Waals surface area contributed by atoms with Crippen molar-refractivity contribution in [2.75, 3.05) is 13.2 Å². The van der Waals surface area contributed by atoms with Crippen LogP contribution in [0.3, 0.4) is 0 Å². The monoisotopic (exact) mass is 157 g/mol. The molecular weight excluding hydrogens is 142 g/mol. The van der Waals surface area contributed by atoms with Crippen molar-refractivity contribution in [3.05, 3.63) is 0 Å². The van der Waals surface area contributed by atoms with Crippen LogP contribution in [-0.4, -0.2) is 25.0 Å². The molecule has 64 valence electrons. The van der Waals surface area contributed by atoms with Crippen LogP contribution in [0.1, 0.15) is 19.8 Å². The van der Waals surface area contributed by atoms with Crippen LogP contribution in [0, 0.1) is 5.92 Å². The Kier molecular flexibility index (Phi) is 3.02. The van der Waals surface area contributed by atoms with E-state index in [2.05, 4.69) is 0 Å². The molecule has 1 saturated heterocycles. The van der Waals surface area contributed by atoms with Crippen molar-refractivity contribution in [1.82, 2.24) is 0 Å². The summed E-state index contributed by atoms with van der Waals surface area (Å²) in [6.45, 7) is 3.09. The SMILES string of the molecule is CCC(N)C1COCCC1=O. The van der Waals surface area contributed by atoms with Crippen LogP contribution in [0.15, 0.2) is 0 Å². The number of carbonyl (C=O) groups is 1. The minimum atomic E-state index is -0.0475. The predicted octanol–water partition coefficient (Wildman–Crippen LogP) is 0.329. The number of hydrogen-bond donors (Lipinski definition) is 1. The van der Waals surface area contributed by atoms with Crippen LogP contribution in [0.2, 0.25) is 0 Å². The highest BCUT2D eigenvalue weighted by atomic mass is 16.5. The first kappa shape index (κ1) is 8.68. The van der Waals surface area contributed by atoms with E-state index in [1.165, 1.54) is 0 Å². The lowest BCUT2D eigenvalue weighted by Crippen LogP contribution is -2.41. The van der Waals surface area contributed by atoms with E-state index in [9.17, 15) is 4.79 Å². The van der Waals surface area contributed by atoms with E-state index in [0.29, 0.717) is 19.6 Å². The van der Waals surface area contributed by atoms with E-state index in [0.717, 1.165) is 6.42 Å². The Morgan fingerprint density at radius 3 is 3.09 bits per heavy atom. The summed E-state index contributed by atoms with van der Waals surface area (Å²) in [5.74, 6) is 0.222. The van der Waals surface area contributed by atoms with Crippen molar-refractivity contribution < 1.29 is 9.53 Å². The van der Waals surface area contributed by atoms with Crippen LogP contribution in [0.5, 0.6) is 0 Å². The Balaban J connectivity index is 2.47. The average Bonchev–Trinajstić information content (AvgIpc) is 2.04. The number of ether oxygens (including phenoxy) is 1. The van der Waals surface area contributed by atoms with Gasteiger partial charge in [-0.1, -0.05) is 6.92 Å². The molecule has 0 aromatic carbocycles. The van der Waals surface area contributed by atoms with Gasteiger partial charge in [-0.3, -0.25) is 4.79 Å². The first-order valence-corrected chi connectivity index (χ1v) is 4.11. The number of carbonyl (C=O) groups excluding carboxylic acids is 1. The third-order valence-electron chi connectivity index (χ3n) is 2.19. The summed E-state index contributed by atoms with van der Waals surface area (Å²) < 4.78 is 5.17. The van der Waals surface area contributed by atoms with E-state index < -0.39 is 0 Å². The molecular formula is C8H15NO2. The molecule has 2 atom stereocenters. The van der Waals surface area contributed by atoms with Crippen molar-refractivity contribution in [3.63, 3.8) is 0 Å². The van der Waals surface area contributed by atoms with Gasteiger partial charge in [-0.05, 0) is 6.42 Å². The van der Waals surface area contributed by atoms with Crippen molar-refractivity contribution >= 4 is 5.78 Å². The zero-order valence-electron chi connectivity index (χ0n) is 6.88. The first-order valence-electron chi connectivity index (χ1n) is 4.11. The Labute approximate surface area is 66.9 Å². The molecule has 0 amide bonds. The van der Waals surface area contributed by atoms with Gasteiger partial charge in [-0.25, -0.2) is 0 Å². The molecule has 1 aliphatic heterocycles. The van der Waals surface area contributed by atoms with Crippen LogP contribution < -0.4 is 5.73 Å². The quantitative estimate of drug-likeness (QED) is 0.628. The minimum absolute atomic E-state index is 0.0113. The zero-order valence-corrected chi connectivity index (χ0v) is 6.88. The highest BCUT2D eigenvalue weighted by Crippen LogP contribution is 2.14. The van der Waals surface area contributed by atoms with Gasteiger partial charge in [-0.2, -0.15) is 0 Å². The lowest BCUT2D eigenvalue weighted by atomic mass is 9.91. The smallest absolute Gasteiger partial charge is 0.142 e. The second-order valence-corrected chi connectivity index (χ2v) is 2.97. The molecule has 2 unspecified atom stereocenters. The largest absolute Gasteiger partial charge is 0.380 e. The molecule has 3 heteroatoms. The molecule has 0 spiro atoms. The van der Waals surface area contributed by atoms with E-state index in [1.54, 1.807) is 0 Å². The fourth-order valence-corrected chi connectivity index (χ4v) is 1.31. The maximum Gasteiger partial charge on any atom is 0.142 e. The van der Waals surface area contributed by atoms with Crippen molar-refractivity contribution in [2.45, 2.75) is 25.8 Å². The second-order valence-electron chi connectivity index (χ2n) is 2.97. The second kappa shape index (κ2) is 3.83. The molecule has 1 heterocycles. The van der Waals surface area contributed by atoms with Crippen molar-refractivity contribution in [3.8, 4) is 0 Å². The summed E-state index contributed by atoms with van der Waals surface area (Å²) in [7, 11) is 0. The molecule has 1 fully saturated rings. The molecule has 3 nitrogen and oxygen atoms in total. The highest BCUT2D eigenvalue weighted by Gasteiger charge is 2.27. The van der Waals surface area contributed by atoms with Gasteiger partial charge in [0.2, 0.25) is 0 Å². The number of ketones is 1. The predicted molar refractivity (Wildman–Crippen MR) is 42.2 cm³/mol. The zero-order chi connectivity index (χ0) is 8.27. The maximum atomic E-state index is 11.2. The fraction of sp³-hybridized carbons (Fsp3) is 0.875. The molecule has 11 heavy (non-hydrogen) atoms. The minimum Gasteiger partial charge on any atom is -0.380 e. The molecule has 0 radical (unpaired) electrons. The molecule has 0 aromatic rings. The van der Waals surface area contributed by atoms with Gasteiger partial charge in [0, 0.05) is 12.5 Å². The van der Waals surface area contributed by atoms with E-state index in [-0.39, 0.29) is 17.7 Å². The average molecular weight is 157 g/mol. The van der Waals surface area contributed by atoms with Crippen molar-refractivity contribution in [2.24, 2.45) is 11.7 Å². The Bertz CT molecular complexity index is 147. The van der Waals surface area contributed by atoms with Gasteiger partial charge in [0.05, 0.1) is 19.1 Å². The molecule has 1 aliphatic rings. The Morgan fingerprint density at radius 1 is 1.82 bits per heavy atom. The molecule has 0 saturated carbocycles. The standard InChI is InChI=1S/C8H15NO2/c1-2-7(9)6-5-11-4-3-8(6)10/h6-7H,2-5,9H2,1H3. The number of hydrogen-bond acceptors (Lipinski definition) is 3. The number of nitrogens with two attached hydrogens (primary N) is 1. The molecule has 0 aromatic heterocycles. The van der Waals surface area contributed by atoms with Crippen LogP contribution in [-0.2, 0) is 9.53 Å². The van der Waals surface area contributed by atoms with E-state index in [1.807, 2.05) is 6.92 Å². The van der Waals surface area contributed by atoms with Gasteiger partial charge < -0.3 is 10.5 Å². The van der Waals surface area contributed by atoms with E-state index >= 15 is 0 Å². The molecule has 0 bridgehead atoms. The normalized spacial score (nSPS) is 28.5. The van der Waals surface area contributed by atoms with Crippen LogP contribution >= 0.6 is 0 Å². The van der Waals surface area contributed by atoms with Crippen molar-refractivity contribution in [1.29, 1.82) is 0 Å². The Morgan fingerprint density at radius 2 is 2.55 bits per heavy atom. The maximum absolute atomic E-state index is 11.2. The number of rotatable bonds is 2. The third kappa shape index (κ3) is 2.01. The summed E-state index contributed by atoms with van der Waals surface area (Å²) in [5.41, 5.74) is 5.74. The summed E-state index contributed by atoms with van der Waals surface area (Å²) in [5, 5.41) is 0. The molecule has 2 N–H and O–H groups in total. The van der Waals surface area contributed by atoms with Gasteiger partial charge in [0.25, 0.3) is 0 Å². The summed E-state index contributed by atoms with van der Waals surface area (Å²) in [6, 6.07) is -0.0113. The molecule has 0 aliphatic carbocycles. The summed E-state index contributed by atoms with van der Waals surface area (Å²) >= 11 is 0. The topological polar surface area (TPSA) is 52.3 Å².